The molecule has 0 aliphatic rings. The van der Waals surface area contributed by atoms with Crippen molar-refractivity contribution in [1.82, 2.24) is 10.6 Å². The van der Waals surface area contributed by atoms with Gasteiger partial charge in [0.05, 0.1) is 11.1 Å². The van der Waals surface area contributed by atoms with Crippen LogP contribution in [0.3, 0.4) is 0 Å². The van der Waals surface area contributed by atoms with Gasteiger partial charge in [-0.05, 0) is 52.0 Å². The van der Waals surface area contributed by atoms with Crippen molar-refractivity contribution in [2.75, 3.05) is 13.2 Å². The minimum atomic E-state index is -0.680. The van der Waals surface area contributed by atoms with E-state index < -0.39 is 23.8 Å². The van der Waals surface area contributed by atoms with Crippen molar-refractivity contribution >= 4 is 23.8 Å². The molecule has 1 aromatic rings. The number of benzene rings is 1. The molecule has 2 N–H and O–H groups in total. The molecule has 0 saturated heterocycles. The molecule has 8 heteroatoms. The van der Waals surface area contributed by atoms with Gasteiger partial charge in [0.25, 0.3) is 11.8 Å². The highest BCUT2D eigenvalue weighted by atomic mass is 16.5. The lowest BCUT2D eigenvalue weighted by Gasteiger charge is -2.10. The number of carbonyl (C=O) groups excluding carboxylic acids is 4. The van der Waals surface area contributed by atoms with Crippen LogP contribution in [0.15, 0.2) is 24.3 Å². The largest absolute Gasteiger partial charge is 0.452 e. The molecule has 0 fully saturated rings. The van der Waals surface area contributed by atoms with Crippen molar-refractivity contribution in [2.24, 2.45) is 0 Å². The molecule has 0 unspecified atom stereocenters. The third-order valence-corrected chi connectivity index (χ3v) is 2.92. The third-order valence-electron chi connectivity index (χ3n) is 2.92. The van der Waals surface area contributed by atoms with Crippen molar-refractivity contribution in [2.45, 2.75) is 39.8 Å². The second-order valence-electron chi connectivity index (χ2n) is 6.17. The topological polar surface area (TPSA) is 111 Å². The molecular weight excluding hydrogens is 340 g/mol. The standard InChI is InChI=1S/C18H24N2O6/c1-11(2)19-15(21)9-25-17(23)13-5-7-14(8-6-13)18(24)26-10-16(22)20-12(3)4/h5-8,11-12H,9-10H2,1-4H3,(H,19,21)(H,20,22). The van der Waals surface area contributed by atoms with E-state index in [4.69, 9.17) is 9.47 Å². The first-order valence-corrected chi connectivity index (χ1v) is 8.22. The van der Waals surface area contributed by atoms with Crippen LogP contribution >= 0.6 is 0 Å². The van der Waals surface area contributed by atoms with Gasteiger partial charge in [0.15, 0.2) is 13.2 Å². The summed E-state index contributed by atoms with van der Waals surface area (Å²) in [5, 5.41) is 5.20. The average Bonchev–Trinajstić information content (AvgIpc) is 2.56. The Balaban J connectivity index is 2.51. The van der Waals surface area contributed by atoms with Gasteiger partial charge >= 0.3 is 11.9 Å². The summed E-state index contributed by atoms with van der Waals surface area (Å²) in [6.45, 7) is 6.42. The molecule has 0 spiro atoms. The van der Waals surface area contributed by atoms with Crippen molar-refractivity contribution in [3.63, 3.8) is 0 Å². The molecule has 142 valence electrons. The van der Waals surface area contributed by atoms with Gasteiger partial charge in [-0.25, -0.2) is 9.59 Å². The number of carbonyl (C=O) groups is 4. The van der Waals surface area contributed by atoms with Gasteiger partial charge in [0.2, 0.25) is 0 Å². The highest BCUT2D eigenvalue weighted by Crippen LogP contribution is 2.07. The highest BCUT2D eigenvalue weighted by molar-refractivity contribution is 5.94. The molecule has 0 saturated carbocycles. The summed E-state index contributed by atoms with van der Waals surface area (Å²) in [6.07, 6.45) is 0. The number of esters is 2. The second-order valence-corrected chi connectivity index (χ2v) is 6.17. The predicted octanol–water partition coefficient (Wildman–Crippen LogP) is 1.05. The molecule has 26 heavy (non-hydrogen) atoms. The Morgan fingerprint density at radius 3 is 1.31 bits per heavy atom. The number of hydrogen-bond donors (Lipinski definition) is 2. The maximum atomic E-state index is 11.9. The molecule has 0 aliphatic heterocycles. The number of ether oxygens (including phenoxy) is 2. The van der Waals surface area contributed by atoms with E-state index in [0.717, 1.165) is 0 Å². The fourth-order valence-corrected chi connectivity index (χ4v) is 1.90. The zero-order chi connectivity index (χ0) is 19.7. The van der Waals surface area contributed by atoms with E-state index >= 15 is 0 Å². The summed E-state index contributed by atoms with van der Waals surface area (Å²) in [5.74, 6) is -2.15. The minimum absolute atomic E-state index is 0.0471. The van der Waals surface area contributed by atoms with Gasteiger partial charge in [0, 0.05) is 12.1 Å². The zero-order valence-electron chi connectivity index (χ0n) is 15.3. The van der Waals surface area contributed by atoms with Crippen LogP contribution in [-0.2, 0) is 19.1 Å². The fourth-order valence-electron chi connectivity index (χ4n) is 1.90. The quantitative estimate of drug-likeness (QED) is 0.667. The first-order valence-electron chi connectivity index (χ1n) is 8.22. The number of hydrogen-bond acceptors (Lipinski definition) is 6. The molecule has 0 aromatic heterocycles. The van der Waals surface area contributed by atoms with Crippen LogP contribution in [0, 0.1) is 0 Å². The molecular formula is C18H24N2O6. The van der Waals surface area contributed by atoms with Crippen molar-refractivity contribution in [3.05, 3.63) is 35.4 Å². The third kappa shape index (κ3) is 7.78. The molecule has 1 rings (SSSR count). The molecule has 0 aliphatic carbocycles. The average molecular weight is 364 g/mol. The molecule has 8 nitrogen and oxygen atoms in total. The van der Waals surface area contributed by atoms with Crippen LogP contribution in [-0.4, -0.2) is 49.1 Å². The molecule has 1 aromatic carbocycles. The first kappa shape index (κ1) is 21.1. The van der Waals surface area contributed by atoms with E-state index in [2.05, 4.69) is 10.6 Å². The van der Waals surface area contributed by atoms with Crippen LogP contribution in [0.5, 0.6) is 0 Å². The van der Waals surface area contributed by atoms with Crippen molar-refractivity contribution < 1.29 is 28.7 Å². The van der Waals surface area contributed by atoms with Crippen molar-refractivity contribution in [1.29, 1.82) is 0 Å². The lowest BCUT2D eigenvalue weighted by molar-refractivity contribution is -0.125. The molecule has 0 bridgehead atoms. The van der Waals surface area contributed by atoms with Gasteiger partial charge in [-0.1, -0.05) is 0 Å². The highest BCUT2D eigenvalue weighted by Gasteiger charge is 2.14. The summed E-state index contributed by atoms with van der Waals surface area (Å²) in [4.78, 5) is 46.6. The first-order chi connectivity index (χ1) is 12.2. The van der Waals surface area contributed by atoms with Crippen LogP contribution in [0.25, 0.3) is 0 Å². The fraction of sp³-hybridized carbons (Fsp3) is 0.444. The van der Waals surface area contributed by atoms with E-state index in [-0.39, 0.29) is 36.4 Å². The maximum Gasteiger partial charge on any atom is 0.338 e. The van der Waals surface area contributed by atoms with E-state index in [1.54, 1.807) is 27.7 Å². The molecule has 2 amide bonds. The lowest BCUT2D eigenvalue weighted by Crippen LogP contribution is -2.34. The Kier molecular flexibility index (Phi) is 8.27. The Bertz CT molecular complexity index is 595. The number of nitrogens with one attached hydrogen (secondary N) is 2. The van der Waals surface area contributed by atoms with Crippen LogP contribution in [0.4, 0.5) is 0 Å². The number of amides is 2. The van der Waals surface area contributed by atoms with Gasteiger partial charge in [-0.15, -0.1) is 0 Å². The van der Waals surface area contributed by atoms with Crippen LogP contribution in [0.2, 0.25) is 0 Å². The molecule has 0 heterocycles. The summed E-state index contributed by atoms with van der Waals surface area (Å²) in [6, 6.07) is 5.44. The Hall–Kier alpha value is -2.90. The minimum Gasteiger partial charge on any atom is -0.452 e. The molecule has 0 radical (unpaired) electrons. The maximum absolute atomic E-state index is 11.9. The van der Waals surface area contributed by atoms with Gasteiger partial charge in [0.1, 0.15) is 0 Å². The zero-order valence-corrected chi connectivity index (χ0v) is 15.3. The van der Waals surface area contributed by atoms with Gasteiger partial charge in [-0.2, -0.15) is 0 Å². The van der Waals surface area contributed by atoms with E-state index in [9.17, 15) is 19.2 Å². The molecule has 0 atom stereocenters. The summed E-state index contributed by atoms with van der Waals surface area (Å²) >= 11 is 0. The van der Waals surface area contributed by atoms with E-state index in [1.165, 1.54) is 24.3 Å². The Morgan fingerprint density at radius 2 is 1.04 bits per heavy atom. The Morgan fingerprint density at radius 1 is 0.731 bits per heavy atom. The predicted molar refractivity (Wildman–Crippen MR) is 93.6 cm³/mol. The normalized spacial score (nSPS) is 10.4. The monoisotopic (exact) mass is 364 g/mol. The smallest absolute Gasteiger partial charge is 0.338 e. The van der Waals surface area contributed by atoms with Crippen LogP contribution in [0.1, 0.15) is 48.4 Å². The van der Waals surface area contributed by atoms with Crippen LogP contribution < -0.4 is 10.6 Å². The Labute approximate surface area is 152 Å². The lowest BCUT2D eigenvalue weighted by atomic mass is 10.1. The second kappa shape index (κ2) is 10.2. The SMILES string of the molecule is CC(C)NC(=O)COC(=O)c1ccc(C(=O)OCC(=O)NC(C)C)cc1. The number of rotatable bonds is 8. The summed E-state index contributed by atoms with van der Waals surface area (Å²) in [7, 11) is 0. The van der Waals surface area contributed by atoms with E-state index in [0.29, 0.717) is 0 Å². The summed E-state index contributed by atoms with van der Waals surface area (Å²) < 4.78 is 9.77. The van der Waals surface area contributed by atoms with Gasteiger partial charge in [-0.3, -0.25) is 9.59 Å². The van der Waals surface area contributed by atoms with Gasteiger partial charge < -0.3 is 20.1 Å². The van der Waals surface area contributed by atoms with E-state index in [1.807, 2.05) is 0 Å². The van der Waals surface area contributed by atoms with Crippen molar-refractivity contribution in [3.8, 4) is 0 Å². The summed E-state index contributed by atoms with van der Waals surface area (Å²) in [5.41, 5.74) is 0.382.